The standard InChI is InChI=1S/C19H19FN2O/c20-17-3-1-2-13(8-17)12-22(18-6-7-18)19(23)14-4-5-15-10-21-11-16(15)9-14/h1-5,8-9,18,21H,6-7,10-12H2. The van der Waals surface area contributed by atoms with Gasteiger partial charge in [-0.05, 0) is 53.8 Å². The number of carbonyl (C=O) groups is 1. The lowest BCUT2D eigenvalue weighted by Gasteiger charge is -2.23. The molecular formula is C19H19FN2O. The third kappa shape index (κ3) is 2.99. The van der Waals surface area contributed by atoms with Crippen LogP contribution in [0.3, 0.4) is 0 Å². The zero-order chi connectivity index (χ0) is 15.8. The number of amides is 1. The Hall–Kier alpha value is -2.20. The molecule has 2 aromatic carbocycles. The van der Waals surface area contributed by atoms with E-state index in [4.69, 9.17) is 0 Å². The molecule has 0 atom stereocenters. The average molecular weight is 310 g/mol. The van der Waals surface area contributed by atoms with Gasteiger partial charge in [-0.25, -0.2) is 4.39 Å². The molecule has 4 rings (SSSR count). The first-order chi connectivity index (χ1) is 11.2. The Morgan fingerprint density at radius 3 is 2.74 bits per heavy atom. The number of carbonyl (C=O) groups excluding carboxylic acids is 1. The zero-order valence-electron chi connectivity index (χ0n) is 12.9. The minimum absolute atomic E-state index is 0.0476. The summed E-state index contributed by atoms with van der Waals surface area (Å²) in [6.45, 7) is 2.17. The highest BCUT2D eigenvalue weighted by Gasteiger charge is 2.33. The Morgan fingerprint density at radius 2 is 1.96 bits per heavy atom. The number of halogens is 1. The third-order valence-electron chi connectivity index (χ3n) is 4.57. The van der Waals surface area contributed by atoms with Crippen LogP contribution < -0.4 is 5.32 Å². The van der Waals surface area contributed by atoms with Crippen molar-refractivity contribution < 1.29 is 9.18 Å². The van der Waals surface area contributed by atoms with Gasteiger partial charge in [0.25, 0.3) is 5.91 Å². The van der Waals surface area contributed by atoms with E-state index in [1.54, 1.807) is 6.07 Å². The fourth-order valence-corrected chi connectivity index (χ4v) is 3.18. The van der Waals surface area contributed by atoms with Crippen molar-refractivity contribution in [1.82, 2.24) is 10.2 Å². The summed E-state index contributed by atoms with van der Waals surface area (Å²) in [5.74, 6) is -0.208. The van der Waals surface area contributed by atoms with E-state index in [0.29, 0.717) is 6.54 Å². The lowest BCUT2D eigenvalue weighted by atomic mass is 10.1. The minimum Gasteiger partial charge on any atom is -0.331 e. The van der Waals surface area contributed by atoms with Crippen LogP contribution in [0.1, 0.15) is 39.9 Å². The molecule has 2 aromatic rings. The summed E-state index contributed by atoms with van der Waals surface area (Å²) in [5, 5.41) is 3.30. The van der Waals surface area contributed by atoms with Crippen molar-refractivity contribution in [2.45, 2.75) is 38.5 Å². The molecule has 3 nitrogen and oxygen atoms in total. The second-order valence-corrected chi connectivity index (χ2v) is 6.38. The van der Waals surface area contributed by atoms with Crippen molar-refractivity contribution in [2.75, 3.05) is 0 Å². The summed E-state index contributed by atoms with van der Waals surface area (Å²) >= 11 is 0. The predicted octanol–water partition coefficient (Wildman–Crippen LogP) is 3.23. The number of fused-ring (bicyclic) bond motifs is 1. The second kappa shape index (κ2) is 5.78. The topological polar surface area (TPSA) is 32.3 Å². The van der Waals surface area contributed by atoms with E-state index in [-0.39, 0.29) is 17.8 Å². The molecule has 2 aliphatic rings. The largest absolute Gasteiger partial charge is 0.331 e. The Labute approximate surface area is 135 Å². The molecule has 0 bridgehead atoms. The van der Waals surface area contributed by atoms with Gasteiger partial charge in [-0.2, -0.15) is 0 Å². The molecule has 0 saturated heterocycles. The fraction of sp³-hybridized carbons (Fsp3) is 0.316. The first-order valence-electron chi connectivity index (χ1n) is 8.08. The van der Waals surface area contributed by atoms with Crippen LogP contribution in [0.5, 0.6) is 0 Å². The maximum absolute atomic E-state index is 13.4. The Morgan fingerprint density at radius 1 is 1.13 bits per heavy atom. The van der Waals surface area contributed by atoms with E-state index >= 15 is 0 Å². The van der Waals surface area contributed by atoms with Crippen molar-refractivity contribution >= 4 is 5.91 Å². The maximum atomic E-state index is 13.4. The van der Waals surface area contributed by atoms with E-state index < -0.39 is 0 Å². The van der Waals surface area contributed by atoms with Crippen LogP contribution in [0.4, 0.5) is 4.39 Å². The first kappa shape index (κ1) is 14.4. The molecule has 1 aliphatic carbocycles. The van der Waals surface area contributed by atoms with Gasteiger partial charge in [0.1, 0.15) is 5.82 Å². The maximum Gasteiger partial charge on any atom is 0.254 e. The van der Waals surface area contributed by atoms with Crippen LogP contribution >= 0.6 is 0 Å². The molecule has 0 spiro atoms. The second-order valence-electron chi connectivity index (χ2n) is 6.38. The molecule has 1 amide bonds. The van der Waals surface area contributed by atoms with Gasteiger partial charge in [0.05, 0.1) is 0 Å². The van der Waals surface area contributed by atoms with Crippen LogP contribution in [0.2, 0.25) is 0 Å². The smallest absolute Gasteiger partial charge is 0.254 e. The van der Waals surface area contributed by atoms with E-state index in [1.807, 2.05) is 29.2 Å². The SMILES string of the molecule is O=C(c1ccc2c(c1)CNC2)N(Cc1cccc(F)c1)C1CC1. The Kier molecular flexibility index (Phi) is 3.62. The molecular weight excluding hydrogens is 291 g/mol. The van der Waals surface area contributed by atoms with Crippen molar-refractivity contribution in [1.29, 1.82) is 0 Å². The van der Waals surface area contributed by atoms with Gasteiger partial charge < -0.3 is 10.2 Å². The summed E-state index contributed by atoms with van der Waals surface area (Å²) in [4.78, 5) is 14.8. The molecule has 0 aromatic heterocycles. The number of hydrogen-bond donors (Lipinski definition) is 1. The molecule has 1 saturated carbocycles. The molecule has 1 fully saturated rings. The van der Waals surface area contributed by atoms with Crippen LogP contribution in [0.25, 0.3) is 0 Å². The summed E-state index contributed by atoms with van der Waals surface area (Å²) in [6.07, 6.45) is 2.07. The van der Waals surface area contributed by atoms with E-state index in [1.165, 1.54) is 23.3 Å². The summed E-state index contributed by atoms with van der Waals surface area (Å²) < 4.78 is 13.4. The lowest BCUT2D eigenvalue weighted by Crippen LogP contribution is -2.32. The molecule has 23 heavy (non-hydrogen) atoms. The highest BCUT2D eigenvalue weighted by atomic mass is 19.1. The molecule has 1 N–H and O–H groups in total. The van der Waals surface area contributed by atoms with Crippen molar-refractivity contribution in [3.8, 4) is 0 Å². The molecule has 4 heteroatoms. The lowest BCUT2D eigenvalue weighted by molar-refractivity contribution is 0.0729. The monoisotopic (exact) mass is 310 g/mol. The number of hydrogen-bond acceptors (Lipinski definition) is 2. The van der Waals surface area contributed by atoms with Gasteiger partial charge in [0.2, 0.25) is 0 Å². The highest BCUT2D eigenvalue weighted by Crippen LogP contribution is 2.30. The van der Waals surface area contributed by atoms with Crippen LogP contribution in [0, 0.1) is 5.82 Å². The zero-order valence-corrected chi connectivity index (χ0v) is 12.9. The predicted molar refractivity (Wildman–Crippen MR) is 86.3 cm³/mol. The summed E-state index contributed by atoms with van der Waals surface area (Å²) in [7, 11) is 0. The van der Waals surface area contributed by atoms with Crippen LogP contribution in [-0.2, 0) is 19.6 Å². The Bertz CT molecular complexity index is 755. The third-order valence-corrected chi connectivity index (χ3v) is 4.57. The van der Waals surface area contributed by atoms with Crippen molar-refractivity contribution in [3.05, 3.63) is 70.5 Å². The quantitative estimate of drug-likeness (QED) is 0.940. The molecule has 1 aliphatic heterocycles. The van der Waals surface area contributed by atoms with Crippen LogP contribution in [0.15, 0.2) is 42.5 Å². The van der Waals surface area contributed by atoms with E-state index in [2.05, 4.69) is 5.32 Å². The number of nitrogens with one attached hydrogen (secondary N) is 1. The minimum atomic E-state index is -0.255. The average Bonchev–Trinajstić information content (AvgIpc) is 3.28. The normalized spacial score (nSPS) is 16.2. The van der Waals surface area contributed by atoms with Gasteiger partial charge in [-0.3, -0.25) is 4.79 Å². The van der Waals surface area contributed by atoms with E-state index in [0.717, 1.165) is 37.1 Å². The van der Waals surface area contributed by atoms with Crippen molar-refractivity contribution in [3.63, 3.8) is 0 Å². The summed E-state index contributed by atoms with van der Waals surface area (Å²) in [5.41, 5.74) is 4.05. The first-order valence-corrected chi connectivity index (χ1v) is 8.08. The van der Waals surface area contributed by atoms with Crippen LogP contribution in [-0.4, -0.2) is 16.8 Å². The van der Waals surface area contributed by atoms with E-state index in [9.17, 15) is 9.18 Å². The van der Waals surface area contributed by atoms with Gasteiger partial charge in [-0.15, -0.1) is 0 Å². The molecule has 118 valence electrons. The highest BCUT2D eigenvalue weighted by molar-refractivity contribution is 5.95. The Balaban J connectivity index is 1.58. The number of rotatable bonds is 4. The molecule has 0 unspecified atom stereocenters. The fourth-order valence-electron chi connectivity index (χ4n) is 3.18. The van der Waals surface area contributed by atoms with Gasteiger partial charge in [0.15, 0.2) is 0 Å². The number of benzene rings is 2. The van der Waals surface area contributed by atoms with Gasteiger partial charge >= 0.3 is 0 Å². The van der Waals surface area contributed by atoms with Gasteiger partial charge in [0, 0.05) is 31.2 Å². The number of nitrogens with zero attached hydrogens (tertiary/aromatic N) is 1. The summed E-state index contributed by atoms with van der Waals surface area (Å²) in [6, 6.07) is 12.7. The van der Waals surface area contributed by atoms with Gasteiger partial charge in [-0.1, -0.05) is 18.2 Å². The van der Waals surface area contributed by atoms with Crippen molar-refractivity contribution in [2.24, 2.45) is 0 Å². The molecule has 0 radical (unpaired) electrons. The molecule has 1 heterocycles.